The summed E-state index contributed by atoms with van der Waals surface area (Å²) in [6.07, 6.45) is 2.01. The summed E-state index contributed by atoms with van der Waals surface area (Å²) in [5.41, 5.74) is 6.96. The second kappa shape index (κ2) is 6.13. The Hall–Kier alpha value is -0.920. The maximum absolute atomic E-state index is 11.6. The molecule has 17 heavy (non-hydrogen) atoms. The molecule has 0 amide bonds. The van der Waals surface area contributed by atoms with Gasteiger partial charge in [0.15, 0.2) is 0 Å². The predicted octanol–water partition coefficient (Wildman–Crippen LogP) is 0.952. The van der Waals surface area contributed by atoms with Gasteiger partial charge < -0.3 is 11.1 Å². The van der Waals surface area contributed by atoms with Crippen LogP contribution in [0.25, 0.3) is 0 Å². The summed E-state index contributed by atoms with van der Waals surface area (Å²) in [5, 5.41) is 3.11. The lowest BCUT2D eigenvalue weighted by Gasteiger charge is -2.10. The van der Waals surface area contributed by atoms with E-state index in [0.29, 0.717) is 11.4 Å². The molecule has 4 N–H and O–H groups in total. The van der Waals surface area contributed by atoms with Crippen LogP contribution in [0.5, 0.6) is 0 Å². The summed E-state index contributed by atoms with van der Waals surface area (Å²) in [5.74, 6) is 0.933. The zero-order chi connectivity index (χ0) is 12.9. The largest absolute Gasteiger partial charge is 0.397 e. The molecule has 0 unspecified atom stereocenters. The molecular formula is C10H17N3O2S2. The van der Waals surface area contributed by atoms with Crippen LogP contribution in [0.2, 0.25) is 0 Å². The van der Waals surface area contributed by atoms with Crippen LogP contribution in [0.15, 0.2) is 23.1 Å². The Bertz CT molecular complexity index is 474. The topological polar surface area (TPSA) is 84.2 Å². The van der Waals surface area contributed by atoms with Gasteiger partial charge in [0.05, 0.1) is 16.3 Å². The zero-order valence-electron chi connectivity index (χ0n) is 9.86. The predicted molar refractivity (Wildman–Crippen MR) is 74.0 cm³/mol. The van der Waals surface area contributed by atoms with Gasteiger partial charge in [0.25, 0.3) is 0 Å². The Kier molecular flexibility index (Phi) is 5.10. The number of benzene rings is 1. The molecule has 7 heteroatoms. The highest BCUT2D eigenvalue weighted by molar-refractivity contribution is 7.98. The number of rotatable bonds is 6. The maximum atomic E-state index is 11.6. The number of nitrogens with two attached hydrogens (primary N) is 1. The zero-order valence-corrected chi connectivity index (χ0v) is 11.5. The maximum Gasteiger partial charge on any atom is 0.240 e. The molecule has 1 rings (SSSR count). The van der Waals surface area contributed by atoms with Crippen molar-refractivity contribution in [1.82, 2.24) is 4.72 Å². The SMILES string of the molecule is CNS(=O)(=O)c1ccc(N)c(NCCSC)c1. The number of hydrogen-bond acceptors (Lipinski definition) is 5. The second-order valence-electron chi connectivity index (χ2n) is 3.38. The van der Waals surface area contributed by atoms with Gasteiger partial charge in [-0.3, -0.25) is 0 Å². The summed E-state index contributed by atoms with van der Waals surface area (Å²) in [6.45, 7) is 0.744. The second-order valence-corrected chi connectivity index (χ2v) is 6.25. The minimum Gasteiger partial charge on any atom is -0.397 e. The Morgan fingerprint density at radius 2 is 2.12 bits per heavy atom. The highest BCUT2D eigenvalue weighted by Gasteiger charge is 2.12. The van der Waals surface area contributed by atoms with Crippen LogP contribution in [-0.4, -0.2) is 34.0 Å². The third-order valence-corrected chi connectivity index (χ3v) is 4.25. The molecule has 0 fully saturated rings. The van der Waals surface area contributed by atoms with Gasteiger partial charge in [0, 0.05) is 12.3 Å². The van der Waals surface area contributed by atoms with Gasteiger partial charge >= 0.3 is 0 Å². The van der Waals surface area contributed by atoms with E-state index in [4.69, 9.17) is 5.73 Å². The van der Waals surface area contributed by atoms with Crippen molar-refractivity contribution in [2.75, 3.05) is 36.7 Å². The fraction of sp³-hybridized carbons (Fsp3) is 0.400. The van der Waals surface area contributed by atoms with Crippen molar-refractivity contribution in [1.29, 1.82) is 0 Å². The molecular weight excluding hydrogens is 258 g/mol. The molecule has 0 heterocycles. The van der Waals surface area contributed by atoms with Gasteiger partial charge in [0.2, 0.25) is 10.0 Å². The third-order valence-electron chi connectivity index (χ3n) is 2.23. The van der Waals surface area contributed by atoms with Gasteiger partial charge in [-0.2, -0.15) is 11.8 Å². The van der Waals surface area contributed by atoms with Crippen LogP contribution in [-0.2, 0) is 10.0 Å². The number of sulfonamides is 1. The standard InChI is InChI=1S/C10H17N3O2S2/c1-12-17(14,15)8-3-4-9(11)10(7-8)13-5-6-16-2/h3-4,7,12-13H,5-6,11H2,1-2H3. The van der Waals surface area contributed by atoms with Crippen molar-refractivity contribution in [2.45, 2.75) is 4.90 Å². The van der Waals surface area contributed by atoms with Crippen LogP contribution in [0.4, 0.5) is 11.4 Å². The minimum absolute atomic E-state index is 0.209. The van der Waals surface area contributed by atoms with E-state index in [1.165, 1.54) is 13.1 Å². The molecule has 0 atom stereocenters. The summed E-state index contributed by atoms with van der Waals surface area (Å²) in [7, 11) is -2.04. The number of hydrogen-bond donors (Lipinski definition) is 3. The normalized spacial score (nSPS) is 11.4. The minimum atomic E-state index is -3.42. The summed E-state index contributed by atoms with van der Waals surface area (Å²) >= 11 is 1.71. The van der Waals surface area contributed by atoms with E-state index in [9.17, 15) is 8.42 Å². The van der Waals surface area contributed by atoms with Crippen LogP contribution in [0, 0.1) is 0 Å². The smallest absolute Gasteiger partial charge is 0.240 e. The molecule has 96 valence electrons. The lowest BCUT2D eigenvalue weighted by molar-refractivity contribution is 0.588. The Labute approximate surface area is 106 Å². The van der Waals surface area contributed by atoms with E-state index < -0.39 is 10.0 Å². The Balaban J connectivity index is 2.95. The molecule has 0 spiro atoms. The van der Waals surface area contributed by atoms with E-state index >= 15 is 0 Å². The first kappa shape index (κ1) is 14.1. The van der Waals surface area contributed by atoms with Gasteiger partial charge in [-0.25, -0.2) is 13.1 Å². The Morgan fingerprint density at radius 1 is 1.41 bits per heavy atom. The number of nitrogens with one attached hydrogen (secondary N) is 2. The fourth-order valence-corrected chi connectivity index (χ4v) is 2.32. The van der Waals surface area contributed by atoms with Crippen molar-refractivity contribution in [3.05, 3.63) is 18.2 Å². The van der Waals surface area contributed by atoms with Crippen molar-refractivity contribution < 1.29 is 8.42 Å². The third kappa shape index (κ3) is 3.79. The molecule has 0 radical (unpaired) electrons. The molecule has 0 aliphatic heterocycles. The first-order valence-electron chi connectivity index (χ1n) is 5.07. The van der Waals surface area contributed by atoms with Crippen LogP contribution in [0.3, 0.4) is 0 Å². The lowest BCUT2D eigenvalue weighted by Crippen LogP contribution is -2.19. The van der Waals surface area contributed by atoms with E-state index in [1.54, 1.807) is 23.9 Å². The number of anilines is 2. The molecule has 0 saturated heterocycles. The average Bonchev–Trinajstić information content (AvgIpc) is 2.31. The molecule has 0 saturated carbocycles. The Morgan fingerprint density at radius 3 is 2.71 bits per heavy atom. The van der Waals surface area contributed by atoms with Crippen molar-refractivity contribution >= 4 is 33.2 Å². The van der Waals surface area contributed by atoms with Crippen LogP contribution in [0.1, 0.15) is 0 Å². The van der Waals surface area contributed by atoms with E-state index in [-0.39, 0.29) is 4.90 Å². The van der Waals surface area contributed by atoms with Gasteiger partial charge in [0.1, 0.15) is 0 Å². The molecule has 1 aromatic rings. The van der Waals surface area contributed by atoms with Gasteiger partial charge in [-0.1, -0.05) is 0 Å². The van der Waals surface area contributed by atoms with Crippen LogP contribution >= 0.6 is 11.8 Å². The molecule has 5 nitrogen and oxygen atoms in total. The summed E-state index contributed by atoms with van der Waals surface area (Å²) in [6, 6.07) is 4.62. The van der Waals surface area contributed by atoms with Crippen molar-refractivity contribution in [3.8, 4) is 0 Å². The number of nitrogen functional groups attached to an aromatic ring is 1. The van der Waals surface area contributed by atoms with Crippen molar-refractivity contribution in [3.63, 3.8) is 0 Å². The monoisotopic (exact) mass is 275 g/mol. The lowest BCUT2D eigenvalue weighted by atomic mass is 10.2. The van der Waals surface area contributed by atoms with E-state index in [0.717, 1.165) is 12.3 Å². The molecule has 0 aliphatic carbocycles. The summed E-state index contributed by atoms with van der Waals surface area (Å²) < 4.78 is 25.5. The quantitative estimate of drug-likeness (QED) is 0.532. The highest BCUT2D eigenvalue weighted by Crippen LogP contribution is 2.22. The average molecular weight is 275 g/mol. The van der Waals surface area contributed by atoms with E-state index in [1.807, 2.05) is 6.26 Å². The van der Waals surface area contributed by atoms with Crippen LogP contribution < -0.4 is 15.8 Å². The van der Waals surface area contributed by atoms with Crippen molar-refractivity contribution in [2.24, 2.45) is 0 Å². The molecule has 0 bridgehead atoms. The first-order valence-corrected chi connectivity index (χ1v) is 7.95. The summed E-state index contributed by atoms with van der Waals surface area (Å²) in [4.78, 5) is 0.209. The van der Waals surface area contributed by atoms with Gasteiger partial charge in [-0.05, 0) is 31.5 Å². The number of thioether (sulfide) groups is 1. The fourth-order valence-electron chi connectivity index (χ4n) is 1.26. The molecule has 0 aromatic heterocycles. The highest BCUT2D eigenvalue weighted by atomic mass is 32.2. The molecule has 0 aliphatic rings. The molecule has 1 aromatic carbocycles. The first-order chi connectivity index (χ1) is 8.01. The van der Waals surface area contributed by atoms with Gasteiger partial charge in [-0.15, -0.1) is 0 Å². The van der Waals surface area contributed by atoms with E-state index in [2.05, 4.69) is 10.0 Å².